The zero-order chi connectivity index (χ0) is 22.2. The van der Waals surface area contributed by atoms with Crippen LogP contribution in [0.5, 0.6) is 0 Å². The van der Waals surface area contributed by atoms with Crippen LogP contribution in [0, 0.1) is 22.9 Å². The molecule has 10 heteroatoms. The van der Waals surface area contributed by atoms with Gasteiger partial charge in [0.1, 0.15) is 5.82 Å². The standard InChI is InChI=1S/C21H21FN4O4S/c1-14-13-20(18-3-2-4-19(26(27)28)21(18)23-14)25-11-9-16(10-12-25)24-31(29,30)17-7-5-15(22)6-8-17/h2-8,13,16,24H,9-12H2,1H3. The number of hydrogen-bond donors (Lipinski definition) is 1. The van der Waals surface area contributed by atoms with E-state index in [0.717, 1.165) is 17.8 Å². The summed E-state index contributed by atoms with van der Waals surface area (Å²) in [4.78, 5) is 17.5. The summed E-state index contributed by atoms with van der Waals surface area (Å²) in [5, 5.41) is 12.1. The minimum absolute atomic E-state index is 0.0272. The summed E-state index contributed by atoms with van der Waals surface area (Å²) < 4.78 is 40.9. The number of anilines is 1. The molecule has 31 heavy (non-hydrogen) atoms. The van der Waals surface area contributed by atoms with Gasteiger partial charge in [0.15, 0.2) is 5.52 Å². The van der Waals surface area contributed by atoms with Crippen molar-refractivity contribution in [3.8, 4) is 0 Å². The summed E-state index contributed by atoms with van der Waals surface area (Å²) in [6, 6.07) is 11.3. The predicted octanol–water partition coefficient (Wildman–Crippen LogP) is 3.54. The average Bonchev–Trinajstić information content (AvgIpc) is 2.73. The minimum Gasteiger partial charge on any atom is -0.371 e. The summed E-state index contributed by atoms with van der Waals surface area (Å²) in [7, 11) is -3.74. The lowest BCUT2D eigenvalue weighted by molar-refractivity contribution is -0.383. The molecule has 1 N–H and O–H groups in total. The Balaban J connectivity index is 1.53. The highest BCUT2D eigenvalue weighted by Crippen LogP contribution is 2.33. The van der Waals surface area contributed by atoms with Gasteiger partial charge in [-0.25, -0.2) is 22.5 Å². The lowest BCUT2D eigenvalue weighted by Crippen LogP contribution is -2.44. The van der Waals surface area contributed by atoms with E-state index in [0.29, 0.717) is 42.5 Å². The van der Waals surface area contributed by atoms with Gasteiger partial charge in [0.2, 0.25) is 10.0 Å². The van der Waals surface area contributed by atoms with Gasteiger partial charge in [0.25, 0.3) is 5.69 Å². The van der Waals surface area contributed by atoms with Crippen LogP contribution in [0.3, 0.4) is 0 Å². The predicted molar refractivity (Wildman–Crippen MR) is 115 cm³/mol. The van der Waals surface area contributed by atoms with Crippen LogP contribution < -0.4 is 9.62 Å². The quantitative estimate of drug-likeness (QED) is 0.477. The molecule has 0 amide bonds. The monoisotopic (exact) mass is 444 g/mol. The van der Waals surface area contributed by atoms with E-state index in [1.165, 1.54) is 18.2 Å². The zero-order valence-corrected chi connectivity index (χ0v) is 17.6. The molecule has 2 heterocycles. The van der Waals surface area contributed by atoms with Gasteiger partial charge >= 0.3 is 0 Å². The second-order valence-electron chi connectivity index (χ2n) is 7.55. The number of piperidine rings is 1. The third-order valence-corrected chi connectivity index (χ3v) is 6.94. The number of pyridine rings is 1. The number of hydrogen-bond acceptors (Lipinski definition) is 6. The molecular weight excluding hydrogens is 423 g/mol. The number of non-ortho nitro benzene ring substituents is 1. The van der Waals surface area contributed by atoms with Crippen molar-refractivity contribution < 1.29 is 17.7 Å². The molecule has 0 radical (unpaired) electrons. The van der Waals surface area contributed by atoms with Gasteiger partial charge in [-0.3, -0.25) is 10.1 Å². The zero-order valence-electron chi connectivity index (χ0n) is 16.8. The number of aromatic nitrogens is 1. The van der Waals surface area contributed by atoms with Crippen LogP contribution in [0.2, 0.25) is 0 Å². The summed E-state index contributed by atoms with van der Waals surface area (Å²) in [6.07, 6.45) is 1.14. The number of halogens is 1. The molecule has 162 valence electrons. The van der Waals surface area contributed by atoms with Crippen LogP contribution in [0.25, 0.3) is 10.9 Å². The first-order chi connectivity index (χ1) is 14.7. The van der Waals surface area contributed by atoms with Crippen molar-refractivity contribution >= 4 is 32.3 Å². The third-order valence-electron chi connectivity index (χ3n) is 5.40. The fraction of sp³-hybridized carbons (Fsp3) is 0.286. The number of nitro benzene ring substituents is 1. The SMILES string of the molecule is Cc1cc(N2CCC(NS(=O)(=O)c3ccc(F)cc3)CC2)c2cccc([N+](=O)[O-])c2n1. The Hall–Kier alpha value is -3.11. The molecule has 1 saturated heterocycles. The van der Waals surface area contributed by atoms with Crippen LogP contribution in [0.1, 0.15) is 18.5 Å². The average molecular weight is 444 g/mol. The maximum Gasteiger partial charge on any atom is 0.295 e. The van der Waals surface area contributed by atoms with Gasteiger partial charge in [-0.1, -0.05) is 12.1 Å². The van der Waals surface area contributed by atoms with E-state index in [1.807, 2.05) is 12.1 Å². The van der Waals surface area contributed by atoms with Crippen molar-refractivity contribution in [1.29, 1.82) is 0 Å². The minimum atomic E-state index is -3.74. The number of aryl methyl sites for hydroxylation is 1. The van der Waals surface area contributed by atoms with E-state index >= 15 is 0 Å². The number of fused-ring (bicyclic) bond motifs is 1. The molecule has 1 aliphatic heterocycles. The van der Waals surface area contributed by atoms with Crippen LogP contribution in [-0.2, 0) is 10.0 Å². The molecule has 0 atom stereocenters. The second-order valence-corrected chi connectivity index (χ2v) is 9.26. The van der Waals surface area contributed by atoms with Gasteiger partial charge in [0.05, 0.1) is 9.82 Å². The highest BCUT2D eigenvalue weighted by molar-refractivity contribution is 7.89. The van der Waals surface area contributed by atoms with Gasteiger partial charge in [-0.15, -0.1) is 0 Å². The molecule has 3 aromatic rings. The maximum atomic E-state index is 13.1. The summed E-state index contributed by atoms with van der Waals surface area (Å²) in [5.41, 5.74) is 1.84. The molecule has 0 bridgehead atoms. The van der Waals surface area contributed by atoms with Crippen LogP contribution >= 0.6 is 0 Å². The maximum absolute atomic E-state index is 13.1. The van der Waals surface area contributed by atoms with Crippen LogP contribution in [0.15, 0.2) is 53.4 Å². The van der Waals surface area contributed by atoms with E-state index in [-0.39, 0.29) is 16.6 Å². The summed E-state index contributed by atoms with van der Waals surface area (Å²) in [5.74, 6) is -0.493. The Morgan fingerprint density at radius 1 is 1.16 bits per heavy atom. The largest absolute Gasteiger partial charge is 0.371 e. The second kappa shape index (κ2) is 8.20. The summed E-state index contributed by atoms with van der Waals surface area (Å²) >= 11 is 0. The third kappa shape index (κ3) is 4.35. The molecule has 0 unspecified atom stereocenters. The van der Waals surface area contributed by atoms with Crippen molar-refractivity contribution in [2.75, 3.05) is 18.0 Å². The lowest BCUT2D eigenvalue weighted by atomic mass is 10.0. The topological polar surface area (TPSA) is 105 Å². The van der Waals surface area contributed by atoms with E-state index in [4.69, 9.17) is 0 Å². The Labute approximate surface area is 178 Å². The van der Waals surface area contributed by atoms with Crippen molar-refractivity contribution in [1.82, 2.24) is 9.71 Å². The number of rotatable bonds is 5. The van der Waals surface area contributed by atoms with Gasteiger partial charge in [-0.2, -0.15) is 0 Å². The van der Waals surface area contributed by atoms with E-state index in [2.05, 4.69) is 14.6 Å². The highest BCUT2D eigenvalue weighted by atomic mass is 32.2. The molecule has 4 rings (SSSR count). The van der Waals surface area contributed by atoms with Crippen molar-refractivity contribution in [3.63, 3.8) is 0 Å². The van der Waals surface area contributed by atoms with E-state index in [1.54, 1.807) is 13.0 Å². The number of nitro groups is 1. The van der Waals surface area contributed by atoms with Crippen molar-refractivity contribution in [2.24, 2.45) is 0 Å². The van der Waals surface area contributed by atoms with Crippen molar-refractivity contribution in [3.05, 3.63) is 70.2 Å². The lowest BCUT2D eigenvalue weighted by Gasteiger charge is -2.34. The fourth-order valence-corrected chi connectivity index (χ4v) is 5.19. The highest BCUT2D eigenvalue weighted by Gasteiger charge is 2.26. The molecule has 8 nitrogen and oxygen atoms in total. The molecule has 1 fully saturated rings. The molecule has 0 saturated carbocycles. The van der Waals surface area contributed by atoms with Gasteiger partial charge in [-0.05, 0) is 50.1 Å². The number of sulfonamides is 1. The number of nitrogens with one attached hydrogen (secondary N) is 1. The molecule has 0 aliphatic carbocycles. The van der Waals surface area contributed by atoms with Gasteiger partial charge in [0, 0.05) is 42.0 Å². The van der Waals surface area contributed by atoms with E-state index < -0.39 is 20.8 Å². The number of para-hydroxylation sites is 1. The Morgan fingerprint density at radius 2 is 1.84 bits per heavy atom. The van der Waals surface area contributed by atoms with Gasteiger partial charge < -0.3 is 4.90 Å². The Kier molecular flexibility index (Phi) is 5.59. The first-order valence-corrected chi connectivity index (χ1v) is 11.3. The molecule has 1 aliphatic rings. The van der Waals surface area contributed by atoms with Crippen molar-refractivity contribution in [2.45, 2.75) is 30.7 Å². The molecule has 2 aromatic carbocycles. The number of nitrogens with zero attached hydrogens (tertiary/aromatic N) is 3. The fourth-order valence-electron chi connectivity index (χ4n) is 3.89. The molecule has 0 spiro atoms. The molecule has 1 aromatic heterocycles. The first kappa shape index (κ1) is 21.1. The normalized spacial score (nSPS) is 15.4. The number of benzene rings is 2. The van der Waals surface area contributed by atoms with E-state index in [9.17, 15) is 22.9 Å². The smallest absolute Gasteiger partial charge is 0.295 e. The van der Waals surface area contributed by atoms with Crippen LogP contribution in [-0.4, -0.2) is 37.5 Å². The van der Waals surface area contributed by atoms with Crippen LogP contribution in [0.4, 0.5) is 15.8 Å². The Morgan fingerprint density at radius 3 is 2.48 bits per heavy atom. The Bertz CT molecular complexity index is 1240. The first-order valence-electron chi connectivity index (χ1n) is 9.82. The molecular formula is C21H21FN4O4S. The summed E-state index contributed by atoms with van der Waals surface area (Å²) in [6.45, 7) is 2.96.